The van der Waals surface area contributed by atoms with Gasteiger partial charge in [0, 0.05) is 35.9 Å². The summed E-state index contributed by atoms with van der Waals surface area (Å²) in [7, 11) is 0. The standard InChI is InChI=1S/C26H33ClN4O3/c1-25(2,3)13-21-26(16-28,18-7-5-10-29-14-18)22(17-6-4-8-19(27)12-17)23(31-21)24(34)30-11-9-20(33)15-32/h4-8,10,12,14,20-23,31-33H,9,11,13,15H2,1-3H3,(H,30,34)/t20-,21-,22-,23+,26-/m0/s1. The van der Waals surface area contributed by atoms with E-state index in [9.17, 15) is 15.2 Å². The zero-order chi connectivity index (χ0) is 24.9. The van der Waals surface area contributed by atoms with Gasteiger partial charge in [-0.2, -0.15) is 5.26 Å². The number of aromatic nitrogens is 1. The van der Waals surface area contributed by atoms with E-state index in [2.05, 4.69) is 42.5 Å². The molecule has 2 aromatic rings. The molecule has 0 aliphatic carbocycles. The van der Waals surface area contributed by atoms with Crippen LogP contribution in [0.1, 0.15) is 50.7 Å². The van der Waals surface area contributed by atoms with Gasteiger partial charge in [0.1, 0.15) is 5.41 Å². The molecule has 4 N–H and O–H groups in total. The average molecular weight is 485 g/mol. The van der Waals surface area contributed by atoms with Gasteiger partial charge in [-0.1, -0.05) is 50.6 Å². The second kappa shape index (κ2) is 10.8. The van der Waals surface area contributed by atoms with Crippen LogP contribution in [-0.4, -0.2) is 52.4 Å². The number of amides is 1. The molecule has 34 heavy (non-hydrogen) atoms. The van der Waals surface area contributed by atoms with Crippen LogP contribution >= 0.6 is 11.6 Å². The molecule has 1 fully saturated rings. The van der Waals surface area contributed by atoms with E-state index in [-0.39, 0.29) is 36.9 Å². The Hall–Kier alpha value is -2.50. The Bertz CT molecular complexity index is 1020. The lowest BCUT2D eigenvalue weighted by atomic mass is 9.63. The van der Waals surface area contributed by atoms with E-state index in [0.717, 1.165) is 11.1 Å². The highest BCUT2D eigenvalue weighted by atomic mass is 35.5. The molecule has 7 nitrogen and oxygen atoms in total. The summed E-state index contributed by atoms with van der Waals surface area (Å²) < 4.78 is 0. The summed E-state index contributed by atoms with van der Waals surface area (Å²) in [6.07, 6.45) is 3.35. The molecule has 0 saturated carbocycles. The van der Waals surface area contributed by atoms with Crippen molar-refractivity contribution in [3.8, 4) is 6.07 Å². The quantitative estimate of drug-likeness (QED) is 0.457. The Morgan fingerprint density at radius 2 is 2.12 bits per heavy atom. The van der Waals surface area contributed by atoms with Gasteiger partial charge in [-0.3, -0.25) is 9.78 Å². The first kappa shape index (κ1) is 26.1. The molecular formula is C26H33ClN4O3. The average Bonchev–Trinajstić information content (AvgIpc) is 3.12. The molecule has 182 valence electrons. The number of nitrogens with one attached hydrogen (secondary N) is 2. The molecule has 1 aliphatic rings. The number of nitrogens with zero attached hydrogens (tertiary/aromatic N) is 2. The number of aliphatic hydroxyl groups is 2. The maximum absolute atomic E-state index is 13.5. The van der Waals surface area contributed by atoms with Gasteiger partial charge in [0.25, 0.3) is 0 Å². The molecule has 8 heteroatoms. The van der Waals surface area contributed by atoms with Gasteiger partial charge in [-0.15, -0.1) is 0 Å². The predicted molar refractivity (Wildman–Crippen MR) is 131 cm³/mol. The molecule has 5 atom stereocenters. The number of rotatable bonds is 8. The van der Waals surface area contributed by atoms with E-state index >= 15 is 0 Å². The maximum Gasteiger partial charge on any atom is 0.237 e. The summed E-state index contributed by atoms with van der Waals surface area (Å²) in [5, 5.41) is 36.4. The molecule has 1 amide bonds. The Labute approximate surface area is 206 Å². The summed E-state index contributed by atoms with van der Waals surface area (Å²) >= 11 is 6.34. The van der Waals surface area contributed by atoms with Crippen molar-refractivity contribution in [2.45, 2.75) is 63.1 Å². The van der Waals surface area contributed by atoms with E-state index in [1.165, 1.54) is 0 Å². The van der Waals surface area contributed by atoms with Crippen LogP contribution in [0.25, 0.3) is 0 Å². The molecule has 0 spiro atoms. The molecule has 1 aromatic carbocycles. The van der Waals surface area contributed by atoms with Crippen molar-refractivity contribution in [3.63, 3.8) is 0 Å². The zero-order valence-corrected chi connectivity index (χ0v) is 20.6. The van der Waals surface area contributed by atoms with E-state index in [4.69, 9.17) is 16.7 Å². The van der Waals surface area contributed by atoms with Gasteiger partial charge >= 0.3 is 0 Å². The summed E-state index contributed by atoms with van der Waals surface area (Å²) in [5.74, 6) is -0.800. The Morgan fingerprint density at radius 1 is 1.35 bits per heavy atom. The minimum Gasteiger partial charge on any atom is -0.394 e. The van der Waals surface area contributed by atoms with E-state index < -0.39 is 23.5 Å². The Balaban J connectivity index is 2.12. The van der Waals surface area contributed by atoms with Gasteiger partial charge in [0.15, 0.2) is 0 Å². The Morgan fingerprint density at radius 3 is 2.71 bits per heavy atom. The molecule has 2 heterocycles. The van der Waals surface area contributed by atoms with Crippen molar-refractivity contribution < 1.29 is 15.0 Å². The van der Waals surface area contributed by atoms with Crippen LogP contribution < -0.4 is 10.6 Å². The number of hydrogen-bond donors (Lipinski definition) is 4. The van der Waals surface area contributed by atoms with E-state index in [1.807, 2.05) is 24.3 Å². The fourth-order valence-corrected chi connectivity index (χ4v) is 5.10. The van der Waals surface area contributed by atoms with Crippen molar-refractivity contribution in [1.29, 1.82) is 5.26 Å². The minimum absolute atomic E-state index is 0.114. The minimum atomic E-state index is -1.07. The summed E-state index contributed by atoms with van der Waals surface area (Å²) in [5.41, 5.74) is 0.351. The van der Waals surface area contributed by atoms with Gasteiger partial charge in [0.05, 0.1) is 24.8 Å². The third kappa shape index (κ3) is 5.59. The number of pyridine rings is 1. The first-order valence-electron chi connectivity index (χ1n) is 11.5. The van der Waals surface area contributed by atoms with Crippen molar-refractivity contribution in [3.05, 3.63) is 64.9 Å². The molecule has 0 radical (unpaired) electrons. The Kier molecular flexibility index (Phi) is 8.32. The third-order valence-electron chi connectivity index (χ3n) is 6.37. The largest absolute Gasteiger partial charge is 0.394 e. The SMILES string of the molecule is CC(C)(C)C[C@@H]1N[C@@H](C(=O)NCC[C@H](O)CO)[C@H](c2cccc(Cl)c2)[C@@]1(C#N)c1cccnc1. The summed E-state index contributed by atoms with van der Waals surface area (Å²) in [6, 6.07) is 12.6. The van der Waals surface area contributed by atoms with Crippen LogP contribution in [0.15, 0.2) is 48.8 Å². The first-order valence-corrected chi connectivity index (χ1v) is 11.9. The molecule has 1 aliphatic heterocycles. The van der Waals surface area contributed by atoms with Crippen LogP contribution in [-0.2, 0) is 10.2 Å². The number of aliphatic hydroxyl groups excluding tert-OH is 2. The van der Waals surface area contributed by atoms with Gasteiger partial charge < -0.3 is 20.8 Å². The zero-order valence-electron chi connectivity index (χ0n) is 19.8. The lowest BCUT2D eigenvalue weighted by Crippen LogP contribution is -2.46. The first-order chi connectivity index (χ1) is 16.1. The van der Waals surface area contributed by atoms with Gasteiger partial charge in [-0.25, -0.2) is 0 Å². The molecular weight excluding hydrogens is 452 g/mol. The summed E-state index contributed by atoms with van der Waals surface area (Å²) in [6.45, 7) is 6.17. The number of carbonyl (C=O) groups is 1. The monoisotopic (exact) mass is 484 g/mol. The molecule has 1 aromatic heterocycles. The van der Waals surface area contributed by atoms with Crippen LogP contribution in [0.4, 0.5) is 0 Å². The van der Waals surface area contributed by atoms with Crippen LogP contribution in [0.5, 0.6) is 0 Å². The number of hydrogen-bond acceptors (Lipinski definition) is 6. The highest BCUT2D eigenvalue weighted by Gasteiger charge is 2.59. The lowest BCUT2D eigenvalue weighted by molar-refractivity contribution is -0.123. The van der Waals surface area contributed by atoms with Gasteiger partial charge in [0.2, 0.25) is 5.91 Å². The van der Waals surface area contributed by atoms with Crippen LogP contribution in [0.2, 0.25) is 5.02 Å². The van der Waals surface area contributed by atoms with Crippen LogP contribution in [0.3, 0.4) is 0 Å². The normalized spacial score (nSPS) is 25.5. The van der Waals surface area contributed by atoms with Crippen molar-refractivity contribution in [2.75, 3.05) is 13.2 Å². The second-order valence-corrected chi connectivity index (χ2v) is 10.6. The summed E-state index contributed by atoms with van der Waals surface area (Å²) in [4.78, 5) is 17.7. The topological polar surface area (TPSA) is 118 Å². The number of benzene rings is 1. The number of halogens is 1. The fraction of sp³-hybridized carbons (Fsp3) is 0.500. The second-order valence-electron chi connectivity index (χ2n) is 10.1. The highest BCUT2D eigenvalue weighted by Crippen LogP contribution is 2.51. The molecule has 0 bridgehead atoms. The van der Waals surface area contributed by atoms with E-state index in [1.54, 1.807) is 24.5 Å². The van der Waals surface area contributed by atoms with E-state index in [0.29, 0.717) is 11.4 Å². The van der Waals surface area contributed by atoms with Crippen molar-refractivity contribution in [2.24, 2.45) is 5.41 Å². The number of nitriles is 1. The fourth-order valence-electron chi connectivity index (χ4n) is 4.90. The van der Waals surface area contributed by atoms with Crippen molar-refractivity contribution >= 4 is 17.5 Å². The van der Waals surface area contributed by atoms with Gasteiger partial charge in [-0.05, 0) is 47.6 Å². The number of carbonyl (C=O) groups excluding carboxylic acids is 1. The maximum atomic E-state index is 13.5. The third-order valence-corrected chi connectivity index (χ3v) is 6.61. The molecule has 0 unspecified atom stereocenters. The molecule has 3 rings (SSSR count). The highest BCUT2D eigenvalue weighted by molar-refractivity contribution is 6.30. The smallest absolute Gasteiger partial charge is 0.237 e. The lowest BCUT2D eigenvalue weighted by Gasteiger charge is -2.37. The van der Waals surface area contributed by atoms with Crippen molar-refractivity contribution in [1.82, 2.24) is 15.6 Å². The molecule has 1 saturated heterocycles. The van der Waals surface area contributed by atoms with Crippen LogP contribution in [0, 0.1) is 16.7 Å². The predicted octanol–water partition coefficient (Wildman–Crippen LogP) is 2.92.